The molecule has 6 heteroatoms. The number of thiocarbonyl (C=S) groups is 1. The third kappa shape index (κ3) is 6.68. The van der Waals surface area contributed by atoms with Crippen LogP contribution >= 0.6 is 12.2 Å². The molecule has 138 valence electrons. The lowest BCUT2D eigenvalue weighted by molar-refractivity contribution is -0.115. The summed E-state index contributed by atoms with van der Waals surface area (Å²) in [5.41, 5.74) is 3.62. The maximum atomic E-state index is 11.6. The van der Waals surface area contributed by atoms with Crippen LogP contribution in [0.5, 0.6) is 0 Å². The number of amides is 1. The van der Waals surface area contributed by atoms with Gasteiger partial charge in [0.15, 0.2) is 5.11 Å². The van der Waals surface area contributed by atoms with Crippen molar-refractivity contribution in [3.8, 4) is 0 Å². The largest absolute Gasteiger partial charge is 0.328 e. The Labute approximate surface area is 156 Å². The van der Waals surface area contributed by atoms with Gasteiger partial charge in [0, 0.05) is 17.6 Å². The molecule has 0 aromatic carbocycles. The van der Waals surface area contributed by atoms with Crippen molar-refractivity contribution in [1.82, 2.24) is 20.5 Å². The van der Waals surface area contributed by atoms with Gasteiger partial charge in [-0.15, -0.1) is 0 Å². The zero-order chi connectivity index (χ0) is 19.4. The van der Waals surface area contributed by atoms with Crippen molar-refractivity contribution in [1.29, 1.82) is 0 Å². The van der Waals surface area contributed by atoms with Crippen molar-refractivity contribution in [2.75, 3.05) is 14.1 Å². The predicted octanol–water partition coefficient (Wildman–Crippen LogP) is 3.44. The minimum Gasteiger partial charge on any atom is -0.328 e. The van der Waals surface area contributed by atoms with E-state index in [1.807, 2.05) is 85.3 Å². The van der Waals surface area contributed by atoms with Gasteiger partial charge in [0.1, 0.15) is 5.70 Å². The molecule has 0 atom stereocenters. The van der Waals surface area contributed by atoms with Gasteiger partial charge in [-0.1, -0.05) is 26.0 Å². The Morgan fingerprint density at radius 2 is 1.84 bits per heavy atom. The van der Waals surface area contributed by atoms with Crippen molar-refractivity contribution in [2.45, 2.75) is 34.6 Å². The van der Waals surface area contributed by atoms with Gasteiger partial charge in [0.05, 0.1) is 0 Å². The molecule has 1 amide bonds. The first kappa shape index (κ1) is 22.8. The topological polar surface area (TPSA) is 58.1 Å². The Kier molecular flexibility index (Phi) is 11.2. The fourth-order valence-electron chi connectivity index (χ4n) is 2.08. The van der Waals surface area contributed by atoms with Gasteiger partial charge in [-0.25, -0.2) is 0 Å². The number of carbonyl (C=O) groups is 1. The quantitative estimate of drug-likeness (QED) is 0.438. The van der Waals surface area contributed by atoms with Crippen molar-refractivity contribution in [3.63, 3.8) is 0 Å². The number of hydrogen-bond donors (Lipinski definition) is 3. The normalized spacial score (nSPS) is 15.3. The van der Waals surface area contributed by atoms with E-state index >= 15 is 0 Å². The van der Waals surface area contributed by atoms with Gasteiger partial charge in [-0.3, -0.25) is 10.1 Å². The summed E-state index contributed by atoms with van der Waals surface area (Å²) in [6.07, 6.45) is 9.88. The second-order valence-electron chi connectivity index (χ2n) is 4.91. The Balaban J connectivity index is 0.00000104. The SMILES string of the molecule is C/C=C\C(=C/C)n1ccc(/C=C2/NC(=S)NC2=O)c1C.CC.CNC. The number of nitrogens with zero attached hydrogens (tertiary/aromatic N) is 1. The van der Waals surface area contributed by atoms with Crippen LogP contribution in [0, 0.1) is 6.92 Å². The molecule has 1 aromatic rings. The molecule has 1 aromatic heterocycles. The van der Waals surface area contributed by atoms with Crippen LogP contribution in [0.4, 0.5) is 0 Å². The van der Waals surface area contributed by atoms with Crippen LogP contribution in [-0.4, -0.2) is 29.7 Å². The van der Waals surface area contributed by atoms with Gasteiger partial charge in [0.2, 0.25) is 0 Å². The Morgan fingerprint density at radius 1 is 1.24 bits per heavy atom. The first-order chi connectivity index (χ1) is 12.0. The third-order valence-corrected chi connectivity index (χ3v) is 3.32. The molecule has 5 nitrogen and oxygen atoms in total. The van der Waals surface area contributed by atoms with Crippen LogP contribution in [0.25, 0.3) is 11.8 Å². The second kappa shape index (κ2) is 12.2. The highest BCUT2D eigenvalue weighted by Crippen LogP contribution is 2.19. The monoisotopic (exact) mass is 362 g/mol. The second-order valence-corrected chi connectivity index (χ2v) is 5.31. The van der Waals surface area contributed by atoms with Crippen LogP contribution in [-0.2, 0) is 4.79 Å². The van der Waals surface area contributed by atoms with E-state index in [9.17, 15) is 4.79 Å². The van der Waals surface area contributed by atoms with Crippen LogP contribution in [0.2, 0.25) is 0 Å². The molecule has 1 saturated heterocycles. The van der Waals surface area contributed by atoms with E-state index in [-0.39, 0.29) is 5.91 Å². The van der Waals surface area contributed by atoms with Crippen molar-refractivity contribution in [3.05, 3.63) is 47.4 Å². The zero-order valence-electron chi connectivity index (χ0n) is 16.2. The van der Waals surface area contributed by atoms with Crippen LogP contribution < -0.4 is 16.0 Å². The first-order valence-electron chi connectivity index (χ1n) is 8.38. The molecular weight excluding hydrogens is 332 g/mol. The molecule has 0 unspecified atom stereocenters. The molecule has 1 aliphatic heterocycles. The first-order valence-corrected chi connectivity index (χ1v) is 8.79. The Bertz CT molecular complexity index is 669. The molecule has 0 saturated carbocycles. The molecule has 2 heterocycles. The van der Waals surface area contributed by atoms with Crippen LogP contribution in [0.3, 0.4) is 0 Å². The summed E-state index contributed by atoms with van der Waals surface area (Å²) in [5, 5.41) is 8.50. The molecule has 3 N–H and O–H groups in total. The molecule has 0 bridgehead atoms. The van der Waals surface area contributed by atoms with Crippen LogP contribution in [0.1, 0.15) is 39.0 Å². The van der Waals surface area contributed by atoms with Gasteiger partial charge < -0.3 is 15.2 Å². The number of aromatic nitrogens is 1. The standard InChI is InChI=1S/C15H17N3OS.C2H7N.C2H6/c1-4-6-12(5-2)18-8-7-11(10(18)3)9-13-14(19)17-15(20)16-13;1-3-2;1-2/h4-9H,1-3H3,(H2,16,17,19,20);3H,1-2H3;1-2H3/b6-4-,12-5+,13-9+;;. The molecule has 25 heavy (non-hydrogen) atoms. The van der Waals surface area contributed by atoms with Crippen molar-refractivity contribution < 1.29 is 4.79 Å². The van der Waals surface area contributed by atoms with E-state index < -0.39 is 0 Å². The summed E-state index contributed by atoms with van der Waals surface area (Å²) < 4.78 is 2.08. The van der Waals surface area contributed by atoms with Gasteiger partial charge >= 0.3 is 0 Å². The molecule has 0 radical (unpaired) electrons. The van der Waals surface area contributed by atoms with E-state index in [2.05, 4.69) is 20.5 Å². The van der Waals surface area contributed by atoms with E-state index in [0.29, 0.717) is 10.8 Å². The van der Waals surface area contributed by atoms with Gasteiger partial charge in [0.25, 0.3) is 5.91 Å². The minimum atomic E-state index is -0.193. The van der Waals surface area contributed by atoms with E-state index in [1.54, 1.807) is 0 Å². The fraction of sp³-hybridized carbons (Fsp3) is 0.368. The number of hydrogen-bond acceptors (Lipinski definition) is 3. The number of carbonyl (C=O) groups excluding carboxylic acids is 1. The lowest BCUT2D eigenvalue weighted by Gasteiger charge is -2.07. The Morgan fingerprint density at radius 3 is 2.28 bits per heavy atom. The van der Waals surface area contributed by atoms with Gasteiger partial charge in [-0.2, -0.15) is 0 Å². The molecule has 0 aliphatic carbocycles. The van der Waals surface area contributed by atoms with Crippen molar-refractivity contribution in [2.24, 2.45) is 0 Å². The molecule has 0 spiro atoms. The van der Waals surface area contributed by atoms with E-state index in [0.717, 1.165) is 17.0 Å². The zero-order valence-corrected chi connectivity index (χ0v) is 17.0. The summed E-state index contributed by atoms with van der Waals surface area (Å²) in [4.78, 5) is 11.6. The number of nitrogens with one attached hydrogen (secondary N) is 3. The maximum absolute atomic E-state index is 11.6. The summed E-state index contributed by atoms with van der Waals surface area (Å²) in [6.45, 7) is 10.0. The molecule has 1 aliphatic rings. The molecular formula is C19H30N4OS. The average Bonchev–Trinajstić information content (AvgIpc) is 3.11. The lowest BCUT2D eigenvalue weighted by Crippen LogP contribution is -2.21. The lowest BCUT2D eigenvalue weighted by atomic mass is 10.2. The van der Waals surface area contributed by atoms with E-state index in [4.69, 9.17) is 12.2 Å². The number of allylic oxidation sites excluding steroid dienone is 4. The summed E-state index contributed by atoms with van der Waals surface area (Å²) in [6, 6.07) is 1.98. The summed E-state index contributed by atoms with van der Waals surface area (Å²) in [7, 11) is 3.75. The van der Waals surface area contributed by atoms with Gasteiger partial charge in [-0.05, 0) is 70.9 Å². The number of rotatable bonds is 3. The molecule has 1 fully saturated rings. The highest BCUT2D eigenvalue weighted by Gasteiger charge is 2.20. The van der Waals surface area contributed by atoms with E-state index in [1.165, 1.54) is 0 Å². The average molecular weight is 363 g/mol. The predicted molar refractivity (Wildman–Crippen MR) is 112 cm³/mol. The van der Waals surface area contributed by atoms with Crippen molar-refractivity contribution >= 4 is 35.0 Å². The Hall–Kier alpha value is -2.18. The summed E-state index contributed by atoms with van der Waals surface area (Å²) >= 11 is 4.91. The maximum Gasteiger partial charge on any atom is 0.273 e. The summed E-state index contributed by atoms with van der Waals surface area (Å²) in [5.74, 6) is -0.193. The smallest absolute Gasteiger partial charge is 0.273 e. The highest BCUT2D eigenvalue weighted by atomic mass is 32.1. The molecule has 2 rings (SSSR count). The third-order valence-electron chi connectivity index (χ3n) is 3.11. The minimum absolute atomic E-state index is 0.193. The fourth-order valence-corrected chi connectivity index (χ4v) is 2.29. The van der Waals surface area contributed by atoms with Crippen LogP contribution in [0.15, 0.2) is 36.2 Å². The highest BCUT2D eigenvalue weighted by molar-refractivity contribution is 7.80.